The summed E-state index contributed by atoms with van der Waals surface area (Å²) in [6.45, 7) is 6.39. The lowest BCUT2D eigenvalue weighted by Crippen LogP contribution is -2.54. The number of sulfonamides is 1. The van der Waals surface area contributed by atoms with Gasteiger partial charge in [-0.3, -0.25) is 13.9 Å². The molecule has 0 aromatic heterocycles. The molecule has 1 atom stereocenters. The second kappa shape index (κ2) is 10.9. The molecule has 1 N–H and O–H groups in total. The number of nitrogens with zero attached hydrogens (tertiary/aromatic N) is 2. The van der Waals surface area contributed by atoms with Crippen molar-refractivity contribution in [1.29, 1.82) is 0 Å². The summed E-state index contributed by atoms with van der Waals surface area (Å²) < 4.78 is 39.4. The van der Waals surface area contributed by atoms with Crippen molar-refractivity contribution >= 4 is 50.7 Å². The van der Waals surface area contributed by atoms with Gasteiger partial charge in [0.05, 0.1) is 17.0 Å². The maximum absolute atomic E-state index is 13.6. The normalized spacial score (nSPS) is 12.7. The van der Waals surface area contributed by atoms with Crippen LogP contribution in [0.1, 0.15) is 33.3 Å². The number of hydrogen-bond acceptors (Lipinski definition) is 4. The van der Waals surface area contributed by atoms with E-state index in [9.17, 15) is 22.4 Å². The monoisotopic (exact) mass is 531 g/mol. The van der Waals surface area contributed by atoms with Gasteiger partial charge >= 0.3 is 0 Å². The van der Waals surface area contributed by atoms with Crippen molar-refractivity contribution in [3.8, 4) is 0 Å². The van der Waals surface area contributed by atoms with Crippen LogP contribution in [0, 0.1) is 5.82 Å². The third-order valence-corrected chi connectivity index (χ3v) is 6.44. The van der Waals surface area contributed by atoms with Crippen molar-refractivity contribution in [3.05, 3.63) is 63.9 Å². The minimum atomic E-state index is -3.95. The molecule has 0 aliphatic rings. The molecule has 0 saturated carbocycles. The molecule has 0 aliphatic heterocycles. The van der Waals surface area contributed by atoms with Gasteiger partial charge in [-0.05, 0) is 63.6 Å². The third-order valence-electron chi connectivity index (χ3n) is 4.78. The average molecular weight is 532 g/mol. The summed E-state index contributed by atoms with van der Waals surface area (Å²) in [7, 11) is -3.95. The molecule has 2 amide bonds. The van der Waals surface area contributed by atoms with E-state index in [1.807, 2.05) is 20.8 Å². The van der Waals surface area contributed by atoms with Gasteiger partial charge in [0.25, 0.3) is 0 Å². The van der Waals surface area contributed by atoms with Gasteiger partial charge in [0.15, 0.2) is 0 Å². The summed E-state index contributed by atoms with van der Waals surface area (Å²) in [4.78, 5) is 27.6. The van der Waals surface area contributed by atoms with Crippen LogP contribution in [0.2, 0.25) is 10.0 Å². The zero-order valence-electron chi connectivity index (χ0n) is 19.6. The maximum atomic E-state index is 13.6. The van der Waals surface area contributed by atoms with Crippen molar-refractivity contribution < 1.29 is 22.4 Å². The van der Waals surface area contributed by atoms with Gasteiger partial charge in [-0.2, -0.15) is 0 Å². The molecule has 7 nitrogen and oxygen atoms in total. The van der Waals surface area contributed by atoms with E-state index in [2.05, 4.69) is 5.32 Å². The van der Waals surface area contributed by atoms with Crippen LogP contribution < -0.4 is 9.62 Å². The van der Waals surface area contributed by atoms with Crippen LogP contribution in [0.5, 0.6) is 0 Å². The Balaban J connectivity index is 2.43. The van der Waals surface area contributed by atoms with Crippen LogP contribution in [0.3, 0.4) is 0 Å². The Hall–Kier alpha value is -2.36. The first kappa shape index (κ1) is 27.9. The van der Waals surface area contributed by atoms with E-state index >= 15 is 0 Å². The standard InChI is InChI=1S/C23H28Cl2FN3O4S/c1-15(22(31)27-23(2,3)4)28(13-16-7-6-8-17(24)11-16)21(30)14-29(34(5,32)33)18-9-10-20(26)19(25)12-18/h6-12,15H,13-14H2,1-5H3,(H,27,31). The molecule has 0 aliphatic carbocycles. The maximum Gasteiger partial charge on any atom is 0.244 e. The quantitative estimate of drug-likeness (QED) is 0.552. The number of anilines is 1. The van der Waals surface area contributed by atoms with E-state index in [1.165, 1.54) is 11.0 Å². The lowest BCUT2D eigenvalue weighted by molar-refractivity contribution is -0.140. The molecule has 1 unspecified atom stereocenters. The van der Waals surface area contributed by atoms with Gasteiger partial charge in [-0.1, -0.05) is 35.3 Å². The van der Waals surface area contributed by atoms with Crippen LogP contribution >= 0.6 is 23.2 Å². The van der Waals surface area contributed by atoms with Crippen molar-refractivity contribution in [2.75, 3.05) is 17.1 Å². The highest BCUT2D eigenvalue weighted by atomic mass is 35.5. The highest BCUT2D eigenvalue weighted by Gasteiger charge is 2.31. The Morgan fingerprint density at radius 3 is 2.29 bits per heavy atom. The molecule has 34 heavy (non-hydrogen) atoms. The molecule has 0 saturated heterocycles. The van der Waals surface area contributed by atoms with Crippen LogP contribution in [0.4, 0.5) is 10.1 Å². The first-order valence-electron chi connectivity index (χ1n) is 10.4. The Morgan fingerprint density at radius 2 is 1.76 bits per heavy atom. The van der Waals surface area contributed by atoms with Gasteiger partial charge in [0, 0.05) is 17.1 Å². The molecule has 11 heteroatoms. The number of hydrogen-bond donors (Lipinski definition) is 1. The fourth-order valence-electron chi connectivity index (χ4n) is 3.14. The first-order chi connectivity index (χ1) is 15.6. The van der Waals surface area contributed by atoms with Crippen molar-refractivity contribution in [1.82, 2.24) is 10.2 Å². The summed E-state index contributed by atoms with van der Waals surface area (Å²) in [6, 6.07) is 9.22. The molecule has 2 aromatic carbocycles. The van der Waals surface area contributed by atoms with Gasteiger partial charge in [-0.25, -0.2) is 12.8 Å². The SMILES string of the molecule is CC(C(=O)NC(C)(C)C)N(Cc1cccc(Cl)c1)C(=O)CN(c1ccc(F)c(Cl)c1)S(C)(=O)=O. The fraction of sp³-hybridized carbons (Fsp3) is 0.391. The molecule has 0 spiro atoms. The number of carbonyl (C=O) groups excluding carboxylic acids is 2. The van der Waals surface area contributed by atoms with E-state index in [-0.39, 0.29) is 17.3 Å². The second-order valence-corrected chi connectivity index (χ2v) is 11.7. The molecule has 2 rings (SSSR count). The average Bonchev–Trinajstić information content (AvgIpc) is 2.69. The first-order valence-corrected chi connectivity index (χ1v) is 13.0. The minimum absolute atomic E-state index is 0.0138. The molecule has 0 radical (unpaired) electrons. The zero-order valence-corrected chi connectivity index (χ0v) is 21.9. The summed E-state index contributed by atoms with van der Waals surface area (Å²) in [5, 5.41) is 3.00. The van der Waals surface area contributed by atoms with Gasteiger partial charge in [0.1, 0.15) is 18.4 Å². The van der Waals surface area contributed by atoms with Crippen LogP contribution in [0.25, 0.3) is 0 Å². The lowest BCUT2D eigenvalue weighted by atomic mass is 10.1. The summed E-state index contributed by atoms with van der Waals surface area (Å²) in [5.41, 5.74) is 0.142. The smallest absolute Gasteiger partial charge is 0.244 e. The number of benzene rings is 2. The van der Waals surface area contributed by atoms with Crippen molar-refractivity contribution in [3.63, 3.8) is 0 Å². The van der Waals surface area contributed by atoms with Crippen LogP contribution in [0.15, 0.2) is 42.5 Å². The van der Waals surface area contributed by atoms with Gasteiger partial charge in [-0.15, -0.1) is 0 Å². The Bertz CT molecular complexity index is 1170. The van der Waals surface area contributed by atoms with Crippen LogP contribution in [-0.2, 0) is 26.2 Å². The Labute approximate surface area is 209 Å². The zero-order chi connectivity index (χ0) is 25.8. The summed E-state index contributed by atoms with van der Waals surface area (Å²) in [5.74, 6) is -1.76. The topological polar surface area (TPSA) is 86.8 Å². The molecule has 186 valence electrons. The molecular formula is C23H28Cl2FN3O4S. The molecule has 2 aromatic rings. The van der Waals surface area contributed by atoms with E-state index in [0.29, 0.717) is 10.6 Å². The number of carbonyl (C=O) groups is 2. The lowest BCUT2D eigenvalue weighted by Gasteiger charge is -2.33. The predicted molar refractivity (Wildman–Crippen MR) is 133 cm³/mol. The number of rotatable bonds is 8. The van der Waals surface area contributed by atoms with E-state index in [0.717, 1.165) is 22.7 Å². The highest BCUT2D eigenvalue weighted by molar-refractivity contribution is 7.92. The number of nitrogens with one attached hydrogen (secondary N) is 1. The second-order valence-electron chi connectivity index (χ2n) is 8.93. The van der Waals surface area contributed by atoms with Crippen molar-refractivity contribution in [2.24, 2.45) is 0 Å². The van der Waals surface area contributed by atoms with Crippen LogP contribution in [-0.4, -0.2) is 49.5 Å². The van der Waals surface area contributed by atoms with Gasteiger partial charge in [0.2, 0.25) is 21.8 Å². The molecule has 0 heterocycles. The summed E-state index contributed by atoms with van der Waals surface area (Å²) >= 11 is 11.9. The number of halogens is 3. The number of amides is 2. The van der Waals surface area contributed by atoms with E-state index in [4.69, 9.17) is 23.2 Å². The largest absolute Gasteiger partial charge is 0.350 e. The minimum Gasteiger partial charge on any atom is -0.350 e. The third kappa shape index (κ3) is 7.85. The highest BCUT2D eigenvalue weighted by Crippen LogP contribution is 2.25. The molecular weight excluding hydrogens is 504 g/mol. The summed E-state index contributed by atoms with van der Waals surface area (Å²) in [6.07, 6.45) is 0.925. The van der Waals surface area contributed by atoms with Gasteiger partial charge < -0.3 is 10.2 Å². The van der Waals surface area contributed by atoms with E-state index < -0.39 is 45.8 Å². The fourth-order valence-corrected chi connectivity index (χ4v) is 4.37. The Kier molecular flexibility index (Phi) is 8.96. The Morgan fingerprint density at radius 1 is 1.12 bits per heavy atom. The molecule has 0 fully saturated rings. The van der Waals surface area contributed by atoms with E-state index in [1.54, 1.807) is 31.2 Å². The molecule has 0 bridgehead atoms. The van der Waals surface area contributed by atoms with Crippen molar-refractivity contribution in [2.45, 2.75) is 45.8 Å². The predicted octanol–water partition coefficient (Wildman–Crippen LogP) is 4.23.